The smallest absolute Gasteiger partial charge is 0.380 e. The SMILES string of the molecule is CCCCC(C)CC(=O)C(=O)Oc1ccccc1N1CCCCC1. The molecule has 0 saturated carbocycles. The van der Waals surface area contributed by atoms with Crippen LogP contribution in [0.3, 0.4) is 0 Å². The van der Waals surface area contributed by atoms with Crippen molar-refractivity contribution in [3.8, 4) is 5.75 Å². The summed E-state index contributed by atoms with van der Waals surface area (Å²) >= 11 is 0. The number of piperidine rings is 1. The standard InChI is InChI=1S/C20H29NO3/c1-3-4-10-16(2)15-18(22)20(23)24-19-12-7-6-11-17(19)21-13-8-5-9-14-21/h6-7,11-12,16H,3-5,8-10,13-15H2,1-2H3. The molecular weight excluding hydrogens is 302 g/mol. The van der Waals surface area contributed by atoms with Gasteiger partial charge in [-0.05, 0) is 37.3 Å². The molecule has 1 aromatic carbocycles. The zero-order chi connectivity index (χ0) is 17.4. The van der Waals surface area contributed by atoms with Crippen LogP contribution in [-0.4, -0.2) is 24.8 Å². The number of ketones is 1. The van der Waals surface area contributed by atoms with E-state index >= 15 is 0 Å². The minimum absolute atomic E-state index is 0.224. The Labute approximate surface area is 145 Å². The molecule has 1 aromatic rings. The van der Waals surface area contributed by atoms with Crippen LogP contribution in [0.5, 0.6) is 5.75 Å². The van der Waals surface area contributed by atoms with Gasteiger partial charge < -0.3 is 9.64 Å². The van der Waals surface area contributed by atoms with Gasteiger partial charge in [0.05, 0.1) is 5.69 Å². The Morgan fingerprint density at radius 2 is 1.88 bits per heavy atom. The molecule has 1 heterocycles. The van der Waals surface area contributed by atoms with Crippen LogP contribution in [0, 0.1) is 5.92 Å². The lowest BCUT2D eigenvalue weighted by molar-refractivity contribution is -0.147. The van der Waals surface area contributed by atoms with Crippen LogP contribution >= 0.6 is 0 Å². The summed E-state index contributed by atoms with van der Waals surface area (Å²) in [4.78, 5) is 26.5. The fourth-order valence-electron chi connectivity index (χ4n) is 3.15. The molecule has 0 amide bonds. The normalized spacial score (nSPS) is 15.8. The maximum Gasteiger partial charge on any atom is 0.380 e. The lowest BCUT2D eigenvalue weighted by Gasteiger charge is -2.29. The Bertz CT molecular complexity index is 550. The number of para-hydroxylation sites is 2. The molecular formula is C20H29NO3. The minimum atomic E-state index is -0.734. The van der Waals surface area contributed by atoms with Gasteiger partial charge in [0, 0.05) is 19.5 Å². The first-order valence-electron chi connectivity index (χ1n) is 9.20. The predicted molar refractivity (Wildman–Crippen MR) is 96.5 cm³/mol. The van der Waals surface area contributed by atoms with Gasteiger partial charge in [-0.2, -0.15) is 0 Å². The second-order valence-electron chi connectivity index (χ2n) is 6.78. The lowest BCUT2D eigenvalue weighted by Crippen LogP contribution is -2.30. The molecule has 4 nitrogen and oxygen atoms in total. The average molecular weight is 331 g/mol. The van der Waals surface area contributed by atoms with Crippen molar-refractivity contribution in [2.24, 2.45) is 5.92 Å². The summed E-state index contributed by atoms with van der Waals surface area (Å²) in [7, 11) is 0. The minimum Gasteiger partial charge on any atom is -0.419 e. The van der Waals surface area contributed by atoms with Crippen LogP contribution in [0.25, 0.3) is 0 Å². The molecule has 0 radical (unpaired) electrons. The fourth-order valence-corrected chi connectivity index (χ4v) is 3.15. The molecule has 1 aliphatic rings. The summed E-state index contributed by atoms with van der Waals surface area (Å²) < 4.78 is 5.44. The number of unbranched alkanes of at least 4 members (excludes halogenated alkanes) is 1. The number of hydrogen-bond donors (Lipinski definition) is 0. The molecule has 1 fully saturated rings. The predicted octanol–water partition coefficient (Wildman–Crippen LogP) is 4.37. The topological polar surface area (TPSA) is 46.6 Å². The highest BCUT2D eigenvalue weighted by Gasteiger charge is 2.22. The van der Waals surface area contributed by atoms with Gasteiger partial charge in [-0.3, -0.25) is 4.79 Å². The van der Waals surface area contributed by atoms with E-state index < -0.39 is 11.8 Å². The van der Waals surface area contributed by atoms with Crippen molar-refractivity contribution >= 4 is 17.4 Å². The van der Waals surface area contributed by atoms with E-state index in [1.165, 1.54) is 6.42 Å². The molecule has 0 aliphatic carbocycles. The zero-order valence-corrected chi connectivity index (χ0v) is 14.9. The third-order valence-corrected chi connectivity index (χ3v) is 4.58. The molecule has 0 bridgehead atoms. The molecule has 2 rings (SSSR count). The Morgan fingerprint density at radius 1 is 1.17 bits per heavy atom. The number of carbonyl (C=O) groups excluding carboxylic acids is 2. The van der Waals surface area contributed by atoms with Crippen molar-refractivity contribution < 1.29 is 14.3 Å². The van der Waals surface area contributed by atoms with Gasteiger partial charge in [-0.25, -0.2) is 4.79 Å². The summed E-state index contributed by atoms with van der Waals surface area (Å²) in [5.41, 5.74) is 0.914. The van der Waals surface area contributed by atoms with Crippen LogP contribution in [-0.2, 0) is 9.59 Å². The van der Waals surface area contributed by atoms with Gasteiger partial charge in [0.25, 0.3) is 0 Å². The van der Waals surface area contributed by atoms with Crippen molar-refractivity contribution in [2.45, 2.75) is 58.8 Å². The number of carbonyl (C=O) groups is 2. The van der Waals surface area contributed by atoms with Gasteiger partial charge in [0.1, 0.15) is 0 Å². The summed E-state index contributed by atoms with van der Waals surface area (Å²) in [5.74, 6) is -0.434. The van der Waals surface area contributed by atoms with E-state index in [9.17, 15) is 9.59 Å². The van der Waals surface area contributed by atoms with E-state index in [2.05, 4.69) is 11.8 Å². The highest BCUT2D eigenvalue weighted by molar-refractivity contribution is 6.34. The number of ether oxygens (including phenoxy) is 1. The second kappa shape index (κ2) is 9.45. The summed E-state index contributed by atoms with van der Waals surface area (Å²) in [6, 6.07) is 7.51. The third-order valence-electron chi connectivity index (χ3n) is 4.58. The van der Waals surface area contributed by atoms with Crippen LogP contribution in [0.4, 0.5) is 5.69 Å². The van der Waals surface area contributed by atoms with Crippen molar-refractivity contribution in [1.29, 1.82) is 0 Å². The van der Waals surface area contributed by atoms with E-state index in [1.807, 2.05) is 25.1 Å². The first-order valence-corrected chi connectivity index (χ1v) is 9.20. The molecule has 0 aromatic heterocycles. The van der Waals surface area contributed by atoms with Crippen LogP contribution in [0.2, 0.25) is 0 Å². The quantitative estimate of drug-likeness (QED) is 0.403. The maximum absolute atomic E-state index is 12.2. The Balaban J connectivity index is 1.97. The van der Waals surface area contributed by atoms with Crippen LogP contribution in [0.15, 0.2) is 24.3 Å². The largest absolute Gasteiger partial charge is 0.419 e. The number of nitrogens with zero attached hydrogens (tertiary/aromatic N) is 1. The molecule has 4 heteroatoms. The lowest BCUT2D eigenvalue weighted by atomic mass is 9.98. The molecule has 0 spiro atoms. The highest BCUT2D eigenvalue weighted by Crippen LogP contribution is 2.30. The Hall–Kier alpha value is -1.84. The molecule has 1 saturated heterocycles. The highest BCUT2D eigenvalue weighted by atomic mass is 16.5. The zero-order valence-electron chi connectivity index (χ0n) is 14.9. The molecule has 1 atom stereocenters. The van der Waals surface area contributed by atoms with E-state index in [4.69, 9.17) is 4.74 Å². The average Bonchev–Trinajstić information content (AvgIpc) is 2.61. The monoisotopic (exact) mass is 331 g/mol. The summed E-state index contributed by atoms with van der Waals surface area (Å²) in [6.45, 7) is 6.08. The maximum atomic E-state index is 12.2. The van der Waals surface area contributed by atoms with Gasteiger partial charge in [0.2, 0.25) is 5.78 Å². The first kappa shape index (κ1) is 18.5. The van der Waals surface area contributed by atoms with Gasteiger partial charge in [-0.1, -0.05) is 45.2 Å². The summed E-state index contributed by atoms with van der Waals surface area (Å²) in [5, 5.41) is 0. The van der Waals surface area contributed by atoms with E-state index in [1.54, 1.807) is 6.07 Å². The number of hydrogen-bond acceptors (Lipinski definition) is 4. The number of Topliss-reactive ketones (excluding diaryl/α,β-unsaturated/α-hetero) is 1. The van der Waals surface area contributed by atoms with E-state index in [0.29, 0.717) is 5.75 Å². The molecule has 132 valence electrons. The Morgan fingerprint density at radius 3 is 2.58 bits per heavy atom. The number of benzene rings is 1. The van der Waals surface area contributed by atoms with Crippen molar-refractivity contribution in [3.05, 3.63) is 24.3 Å². The number of rotatable bonds is 8. The van der Waals surface area contributed by atoms with Crippen LogP contribution in [0.1, 0.15) is 58.8 Å². The number of esters is 1. The van der Waals surface area contributed by atoms with Crippen molar-refractivity contribution in [2.75, 3.05) is 18.0 Å². The molecule has 24 heavy (non-hydrogen) atoms. The van der Waals surface area contributed by atoms with Gasteiger partial charge >= 0.3 is 5.97 Å². The van der Waals surface area contributed by atoms with E-state index in [0.717, 1.165) is 50.9 Å². The van der Waals surface area contributed by atoms with Gasteiger partial charge in [-0.15, -0.1) is 0 Å². The van der Waals surface area contributed by atoms with Crippen molar-refractivity contribution in [3.63, 3.8) is 0 Å². The van der Waals surface area contributed by atoms with Crippen LogP contribution < -0.4 is 9.64 Å². The molecule has 1 aliphatic heterocycles. The van der Waals surface area contributed by atoms with Gasteiger partial charge in [0.15, 0.2) is 5.75 Å². The molecule has 0 N–H and O–H groups in total. The van der Waals surface area contributed by atoms with Crippen molar-refractivity contribution in [1.82, 2.24) is 0 Å². The summed E-state index contributed by atoms with van der Waals surface area (Å²) in [6.07, 6.45) is 6.97. The Kier molecular flexibility index (Phi) is 7.29. The fraction of sp³-hybridized carbons (Fsp3) is 0.600. The first-order chi connectivity index (χ1) is 11.6. The second-order valence-corrected chi connectivity index (χ2v) is 6.78. The molecule has 1 unspecified atom stereocenters. The third kappa shape index (κ3) is 5.36. The number of anilines is 1. The van der Waals surface area contributed by atoms with E-state index in [-0.39, 0.29) is 12.3 Å².